The molecule has 1 saturated carbocycles. The molecule has 2 unspecified atom stereocenters. The van der Waals surface area contributed by atoms with Crippen LogP contribution in [-0.2, 0) is 0 Å². The maximum absolute atomic E-state index is 9.70. The molecule has 2 N–H and O–H groups in total. The summed E-state index contributed by atoms with van der Waals surface area (Å²) in [7, 11) is 0. The van der Waals surface area contributed by atoms with Crippen molar-refractivity contribution in [1.82, 2.24) is 0 Å². The molecule has 2 rings (SSSR count). The molecule has 0 aromatic heterocycles. The molecule has 0 amide bonds. The van der Waals surface area contributed by atoms with Gasteiger partial charge in [-0.2, -0.15) is 5.26 Å². The first-order valence-corrected chi connectivity index (χ1v) is 5.73. The number of rotatable bonds is 2. The van der Waals surface area contributed by atoms with Crippen LogP contribution in [0.5, 0.6) is 0 Å². The molecule has 1 aliphatic carbocycles. The second kappa shape index (κ2) is 4.73. The zero-order valence-corrected chi connectivity index (χ0v) is 9.54. The number of nitrogens with zero attached hydrogens (tertiary/aromatic N) is 1. The second-order valence-electron chi connectivity index (χ2n) is 4.05. The monoisotopic (exact) mass is 236 g/mol. The Morgan fingerprint density at radius 1 is 1.44 bits per heavy atom. The van der Waals surface area contributed by atoms with Gasteiger partial charge < -0.3 is 10.4 Å². The van der Waals surface area contributed by atoms with E-state index in [2.05, 4.69) is 11.4 Å². The highest BCUT2D eigenvalue weighted by atomic mass is 35.5. The van der Waals surface area contributed by atoms with Gasteiger partial charge in [0.15, 0.2) is 0 Å². The van der Waals surface area contributed by atoms with Crippen molar-refractivity contribution in [3.05, 3.63) is 28.8 Å². The summed E-state index contributed by atoms with van der Waals surface area (Å²) in [5.41, 5.74) is 1.27. The van der Waals surface area contributed by atoms with Crippen LogP contribution in [-0.4, -0.2) is 17.3 Å². The molecule has 84 valence electrons. The standard InChI is InChI=1S/C12H13ClN2O/c13-9-5-4-8(7-14)11(6-9)15-10-2-1-3-12(10)16/h4-6,10,12,15-16H,1-3H2. The van der Waals surface area contributed by atoms with E-state index in [9.17, 15) is 5.11 Å². The van der Waals surface area contributed by atoms with Crippen molar-refractivity contribution in [2.75, 3.05) is 5.32 Å². The molecule has 3 nitrogen and oxygen atoms in total. The lowest BCUT2D eigenvalue weighted by atomic mass is 10.1. The highest BCUT2D eigenvalue weighted by Crippen LogP contribution is 2.26. The summed E-state index contributed by atoms with van der Waals surface area (Å²) in [6.45, 7) is 0. The number of halogens is 1. The Balaban J connectivity index is 2.20. The van der Waals surface area contributed by atoms with Crippen LogP contribution in [0.4, 0.5) is 5.69 Å². The fraction of sp³-hybridized carbons (Fsp3) is 0.417. The number of hydrogen-bond donors (Lipinski definition) is 2. The van der Waals surface area contributed by atoms with E-state index >= 15 is 0 Å². The molecule has 16 heavy (non-hydrogen) atoms. The van der Waals surface area contributed by atoms with Gasteiger partial charge in [0.05, 0.1) is 23.4 Å². The lowest BCUT2D eigenvalue weighted by molar-refractivity contribution is 0.172. The Kier molecular flexibility index (Phi) is 3.33. The highest BCUT2D eigenvalue weighted by molar-refractivity contribution is 6.30. The SMILES string of the molecule is N#Cc1ccc(Cl)cc1NC1CCCC1O. The summed E-state index contributed by atoms with van der Waals surface area (Å²) >= 11 is 5.88. The fourth-order valence-electron chi connectivity index (χ4n) is 2.04. The maximum Gasteiger partial charge on any atom is 0.101 e. The Labute approximate surface area is 99.7 Å². The summed E-state index contributed by atoms with van der Waals surface area (Å²) in [4.78, 5) is 0. The number of nitriles is 1. The molecule has 0 saturated heterocycles. The minimum absolute atomic E-state index is 0.0329. The third kappa shape index (κ3) is 2.29. The lowest BCUT2D eigenvalue weighted by Gasteiger charge is -2.18. The van der Waals surface area contributed by atoms with Gasteiger partial charge in [0.1, 0.15) is 6.07 Å². The number of aliphatic hydroxyl groups excluding tert-OH is 1. The van der Waals surface area contributed by atoms with Crippen LogP contribution in [0.25, 0.3) is 0 Å². The van der Waals surface area contributed by atoms with E-state index in [1.807, 2.05) is 0 Å². The molecular weight excluding hydrogens is 224 g/mol. The molecule has 0 aliphatic heterocycles. The van der Waals surface area contributed by atoms with Crippen LogP contribution < -0.4 is 5.32 Å². The van der Waals surface area contributed by atoms with Crippen molar-refractivity contribution in [3.63, 3.8) is 0 Å². The zero-order valence-electron chi connectivity index (χ0n) is 8.78. The molecule has 1 aromatic rings. The summed E-state index contributed by atoms with van der Waals surface area (Å²) in [6.07, 6.45) is 2.44. The molecule has 0 heterocycles. The van der Waals surface area contributed by atoms with Gasteiger partial charge in [0.2, 0.25) is 0 Å². The molecule has 0 radical (unpaired) electrons. The summed E-state index contributed by atoms with van der Waals surface area (Å²) in [5.74, 6) is 0. The second-order valence-corrected chi connectivity index (χ2v) is 4.49. The molecule has 4 heteroatoms. The van der Waals surface area contributed by atoms with Gasteiger partial charge in [-0.05, 0) is 37.5 Å². The van der Waals surface area contributed by atoms with Gasteiger partial charge in [0, 0.05) is 5.02 Å². The average Bonchev–Trinajstić information content (AvgIpc) is 2.65. The van der Waals surface area contributed by atoms with E-state index in [1.54, 1.807) is 18.2 Å². The normalized spacial score (nSPS) is 24.1. The van der Waals surface area contributed by atoms with E-state index in [0.29, 0.717) is 16.3 Å². The van der Waals surface area contributed by atoms with Gasteiger partial charge >= 0.3 is 0 Å². The van der Waals surface area contributed by atoms with Gasteiger partial charge in [-0.15, -0.1) is 0 Å². The summed E-state index contributed by atoms with van der Waals surface area (Å²) < 4.78 is 0. The minimum Gasteiger partial charge on any atom is -0.391 e. The van der Waals surface area contributed by atoms with E-state index in [0.717, 1.165) is 19.3 Å². The third-order valence-corrected chi connectivity index (χ3v) is 3.16. The van der Waals surface area contributed by atoms with Crippen LogP contribution in [0, 0.1) is 11.3 Å². The van der Waals surface area contributed by atoms with Crippen molar-refractivity contribution in [1.29, 1.82) is 5.26 Å². The van der Waals surface area contributed by atoms with Gasteiger partial charge in [-0.1, -0.05) is 11.6 Å². The lowest BCUT2D eigenvalue weighted by Crippen LogP contribution is -2.28. The summed E-state index contributed by atoms with van der Waals surface area (Å²) in [6, 6.07) is 7.25. The van der Waals surface area contributed by atoms with Crippen molar-refractivity contribution in [3.8, 4) is 6.07 Å². The fourth-order valence-corrected chi connectivity index (χ4v) is 2.21. The third-order valence-electron chi connectivity index (χ3n) is 2.92. The Morgan fingerprint density at radius 3 is 2.88 bits per heavy atom. The largest absolute Gasteiger partial charge is 0.391 e. The minimum atomic E-state index is -0.328. The van der Waals surface area contributed by atoms with Crippen molar-refractivity contribution < 1.29 is 5.11 Å². The van der Waals surface area contributed by atoms with Gasteiger partial charge in [-0.25, -0.2) is 0 Å². The average molecular weight is 237 g/mol. The number of aliphatic hydroxyl groups is 1. The predicted molar refractivity (Wildman–Crippen MR) is 63.4 cm³/mol. The van der Waals surface area contributed by atoms with Crippen LogP contribution in [0.15, 0.2) is 18.2 Å². The van der Waals surface area contributed by atoms with Gasteiger partial charge in [-0.3, -0.25) is 0 Å². The van der Waals surface area contributed by atoms with E-state index in [-0.39, 0.29) is 12.1 Å². The van der Waals surface area contributed by atoms with E-state index < -0.39 is 0 Å². The molecule has 1 fully saturated rings. The van der Waals surface area contributed by atoms with Crippen LogP contribution in [0.1, 0.15) is 24.8 Å². The first kappa shape index (κ1) is 11.3. The molecule has 1 aromatic carbocycles. The molecule has 1 aliphatic rings. The van der Waals surface area contributed by atoms with Crippen molar-refractivity contribution in [2.45, 2.75) is 31.4 Å². The number of nitrogens with one attached hydrogen (secondary N) is 1. The number of benzene rings is 1. The first-order chi connectivity index (χ1) is 7.70. The molecule has 0 spiro atoms. The Hall–Kier alpha value is -1.24. The molecule has 0 bridgehead atoms. The molecular formula is C12H13ClN2O. The zero-order chi connectivity index (χ0) is 11.5. The number of hydrogen-bond acceptors (Lipinski definition) is 3. The maximum atomic E-state index is 9.70. The van der Waals surface area contributed by atoms with Crippen LogP contribution in [0.3, 0.4) is 0 Å². The smallest absolute Gasteiger partial charge is 0.101 e. The van der Waals surface area contributed by atoms with Crippen LogP contribution in [0.2, 0.25) is 5.02 Å². The first-order valence-electron chi connectivity index (χ1n) is 5.35. The van der Waals surface area contributed by atoms with Gasteiger partial charge in [0.25, 0.3) is 0 Å². The Bertz CT molecular complexity index is 428. The number of anilines is 1. The Morgan fingerprint density at radius 2 is 2.25 bits per heavy atom. The van der Waals surface area contributed by atoms with Crippen LogP contribution >= 0.6 is 11.6 Å². The highest BCUT2D eigenvalue weighted by Gasteiger charge is 2.25. The van der Waals surface area contributed by atoms with Crippen molar-refractivity contribution >= 4 is 17.3 Å². The topological polar surface area (TPSA) is 56.0 Å². The molecule has 2 atom stereocenters. The van der Waals surface area contributed by atoms with Crippen molar-refractivity contribution in [2.24, 2.45) is 0 Å². The summed E-state index contributed by atoms with van der Waals surface area (Å²) in [5, 5.41) is 22.4. The predicted octanol–water partition coefficient (Wildman–Crippen LogP) is 2.54. The van der Waals surface area contributed by atoms with E-state index in [1.165, 1.54) is 0 Å². The van der Waals surface area contributed by atoms with E-state index in [4.69, 9.17) is 16.9 Å². The quantitative estimate of drug-likeness (QED) is 0.830.